The summed E-state index contributed by atoms with van der Waals surface area (Å²) >= 11 is 0. The Morgan fingerprint density at radius 1 is 0.976 bits per heavy atom. The van der Waals surface area contributed by atoms with Gasteiger partial charge in [-0.1, -0.05) is 18.2 Å². The third kappa shape index (κ3) is 5.29. The van der Waals surface area contributed by atoms with Crippen LogP contribution in [0.15, 0.2) is 65.6 Å². The fourth-order valence-electron chi connectivity index (χ4n) is 4.45. The van der Waals surface area contributed by atoms with Crippen LogP contribution in [0.5, 0.6) is 28.9 Å². The molecule has 5 aromatic rings. The standard InChI is InChI=1S/C30H23F2N3O6/c1-15-25(28(37)26(29(38)34-15)17-5-7-18(31)8-6-17)21(36)13-16-4-9-22(19(32)12-16)41-23-10-11-33-20-14-24(39-2)30(40-3)35-27(20)23/h4-12,14H,13H2,1-3H3,(H2,34,37,38). The molecule has 41 heavy (non-hydrogen) atoms. The number of ketones is 1. The molecule has 0 aliphatic rings. The van der Waals surface area contributed by atoms with E-state index in [1.54, 1.807) is 6.07 Å². The van der Waals surface area contributed by atoms with Crippen molar-refractivity contribution in [2.75, 3.05) is 14.2 Å². The summed E-state index contributed by atoms with van der Waals surface area (Å²) in [4.78, 5) is 36.9. The summed E-state index contributed by atoms with van der Waals surface area (Å²) in [6.45, 7) is 1.47. The van der Waals surface area contributed by atoms with Crippen molar-refractivity contribution >= 4 is 16.8 Å². The number of hydrogen-bond donors (Lipinski definition) is 2. The van der Waals surface area contributed by atoms with Crippen LogP contribution >= 0.6 is 0 Å². The van der Waals surface area contributed by atoms with Crippen LogP contribution in [0.25, 0.3) is 22.2 Å². The second-order valence-corrected chi connectivity index (χ2v) is 9.03. The topological polar surface area (TPSA) is 124 Å². The second kappa shape index (κ2) is 11.0. The van der Waals surface area contributed by atoms with Gasteiger partial charge >= 0.3 is 0 Å². The van der Waals surface area contributed by atoms with E-state index in [9.17, 15) is 19.1 Å². The molecular weight excluding hydrogens is 536 g/mol. The number of ether oxygens (including phenoxy) is 3. The van der Waals surface area contributed by atoms with Gasteiger partial charge in [0.2, 0.25) is 0 Å². The maximum atomic E-state index is 15.1. The van der Waals surface area contributed by atoms with E-state index in [1.165, 1.54) is 57.7 Å². The number of carbonyl (C=O) groups excluding carboxylic acids is 1. The number of nitrogens with one attached hydrogen (secondary N) is 1. The molecule has 0 saturated carbocycles. The lowest BCUT2D eigenvalue weighted by Crippen LogP contribution is -2.17. The Morgan fingerprint density at radius 2 is 1.73 bits per heavy atom. The van der Waals surface area contributed by atoms with Crippen molar-refractivity contribution in [2.45, 2.75) is 13.3 Å². The molecule has 0 aliphatic heterocycles. The van der Waals surface area contributed by atoms with Crippen LogP contribution < -0.4 is 19.8 Å². The van der Waals surface area contributed by atoms with Gasteiger partial charge in [0.05, 0.1) is 30.9 Å². The highest BCUT2D eigenvalue weighted by Crippen LogP contribution is 2.35. The Labute approximate surface area is 232 Å². The highest BCUT2D eigenvalue weighted by atomic mass is 19.1. The summed E-state index contributed by atoms with van der Waals surface area (Å²) in [6.07, 6.45) is 1.20. The second-order valence-electron chi connectivity index (χ2n) is 9.03. The predicted molar refractivity (Wildman–Crippen MR) is 146 cm³/mol. The van der Waals surface area contributed by atoms with Crippen LogP contribution in [0.1, 0.15) is 21.6 Å². The molecule has 208 valence electrons. The van der Waals surface area contributed by atoms with Crippen molar-refractivity contribution < 1.29 is 32.9 Å². The fraction of sp³-hybridized carbons (Fsp3) is 0.133. The van der Waals surface area contributed by atoms with Crippen molar-refractivity contribution in [3.8, 4) is 40.0 Å². The van der Waals surface area contributed by atoms with Gasteiger partial charge in [0.15, 0.2) is 28.8 Å². The third-order valence-corrected chi connectivity index (χ3v) is 6.39. The van der Waals surface area contributed by atoms with E-state index < -0.39 is 28.7 Å². The van der Waals surface area contributed by atoms with E-state index in [4.69, 9.17) is 14.2 Å². The summed E-state index contributed by atoms with van der Waals surface area (Å²) in [5.41, 5.74) is 0.532. The van der Waals surface area contributed by atoms with E-state index in [-0.39, 0.29) is 46.2 Å². The highest BCUT2D eigenvalue weighted by Gasteiger charge is 2.23. The molecule has 11 heteroatoms. The Balaban J connectivity index is 1.42. The third-order valence-electron chi connectivity index (χ3n) is 6.39. The number of Topliss-reactive ketones (excluding diaryl/α,β-unsaturated/α-hetero) is 1. The van der Waals surface area contributed by atoms with Crippen molar-refractivity contribution in [1.29, 1.82) is 0 Å². The number of H-pyrrole nitrogens is 1. The number of halogens is 2. The Kier molecular flexibility index (Phi) is 7.34. The lowest BCUT2D eigenvalue weighted by molar-refractivity contribution is 0.0989. The molecular formula is C30H23F2N3O6. The fourth-order valence-corrected chi connectivity index (χ4v) is 4.45. The minimum Gasteiger partial charge on any atom is -0.506 e. The number of carbonyl (C=O) groups is 1. The quantitative estimate of drug-likeness (QED) is 0.239. The molecule has 3 heterocycles. The van der Waals surface area contributed by atoms with E-state index in [0.29, 0.717) is 22.3 Å². The van der Waals surface area contributed by atoms with Crippen molar-refractivity contribution in [1.82, 2.24) is 15.0 Å². The van der Waals surface area contributed by atoms with Crippen molar-refractivity contribution in [3.63, 3.8) is 0 Å². The number of pyridine rings is 3. The normalized spacial score (nSPS) is 11.0. The zero-order chi connectivity index (χ0) is 29.3. The molecule has 0 fully saturated rings. The van der Waals surface area contributed by atoms with Crippen LogP contribution in [0.4, 0.5) is 8.78 Å². The molecule has 0 unspecified atom stereocenters. The highest BCUT2D eigenvalue weighted by molar-refractivity contribution is 6.02. The lowest BCUT2D eigenvalue weighted by Gasteiger charge is -2.13. The molecule has 0 amide bonds. The molecule has 2 N–H and O–H groups in total. The van der Waals surface area contributed by atoms with E-state index in [2.05, 4.69) is 15.0 Å². The zero-order valence-corrected chi connectivity index (χ0v) is 22.1. The first kappa shape index (κ1) is 27.3. The zero-order valence-electron chi connectivity index (χ0n) is 22.1. The number of methoxy groups -OCH3 is 2. The number of hydrogen-bond acceptors (Lipinski definition) is 8. The van der Waals surface area contributed by atoms with Gasteiger partial charge in [0, 0.05) is 30.4 Å². The van der Waals surface area contributed by atoms with Gasteiger partial charge in [0.1, 0.15) is 17.1 Å². The first-order valence-electron chi connectivity index (χ1n) is 12.3. The van der Waals surface area contributed by atoms with E-state index in [1.807, 2.05) is 0 Å². The van der Waals surface area contributed by atoms with E-state index >= 15 is 4.39 Å². The minimum atomic E-state index is -0.741. The van der Waals surface area contributed by atoms with Crippen molar-refractivity contribution in [3.05, 3.63) is 99.6 Å². The summed E-state index contributed by atoms with van der Waals surface area (Å²) in [5.74, 6) is -1.67. The van der Waals surface area contributed by atoms with Gasteiger partial charge in [-0.3, -0.25) is 14.6 Å². The molecule has 0 spiro atoms. The summed E-state index contributed by atoms with van der Waals surface area (Å²) in [5, 5.41) is 10.9. The number of aromatic hydroxyl groups is 1. The number of rotatable bonds is 8. The summed E-state index contributed by atoms with van der Waals surface area (Å²) in [6, 6.07) is 12.1. The van der Waals surface area contributed by atoms with Crippen molar-refractivity contribution in [2.24, 2.45) is 0 Å². The number of aromatic nitrogens is 3. The van der Waals surface area contributed by atoms with Gasteiger partial charge in [-0.15, -0.1) is 0 Å². The number of fused-ring (bicyclic) bond motifs is 1. The first-order valence-corrected chi connectivity index (χ1v) is 12.3. The van der Waals surface area contributed by atoms with Gasteiger partial charge < -0.3 is 24.3 Å². The van der Waals surface area contributed by atoms with Gasteiger partial charge in [-0.05, 0) is 42.3 Å². The van der Waals surface area contributed by atoms with Crippen LogP contribution in [0.3, 0.4) is 0 Å². The van der Waals surface area contributed by atoms with Crippen LogP contribution in [-0.2, 0) is 6.42 Å². The van der Waals surface area contributed by atoms with Gasteiger partial charge in [-0.25, -0.2) is 13.8 Å². The predicted octanol–water partition coefficient (Wildman–Crippen LogP) is 5.51. The molecule has 9 nitrogen and oxygen atoms in total. The Hall–Kier alpha value is -5.32. The average molecular weight is 560 g/mol. The number of benzene rings is 2. The maximum Gasteiger partial charge on any atom is 0.259 e. The molecule has 2 aromatic carbocycles. The Morgan fingerprint density at radius 3 is 2.41 bits per heavy atom. The number of nitrogens with zero attached hydrogens (tertiary/aromatic N) is 2. The Bertz CT molecular complexity index is 1860. The van der Waals surface area contributed by atoms with Gasteiger partial charge in [0.25, 0.3) is 11.4 Å². The van der Waals surface area contributed by atoms with Crippen LogP contribution in [0.2, 0.25) is 0 Å². The minimum absolute atomic E-state index is 0.119. The SMILES string of the molecule is COc1cc2nccc(Oc3ccc(CC(=O)c4c(C)[nH]c(=O)c(-c5ccc(F)cc5)c4O)cc3F)c2nc1OC. The first-order chi connectivity index (χ1) is 19.7. The maximum absolute atomic E-state index is 15.1. The molecule has 0 atom stereocenters. The number of aromatic amines is 1. The van der Waals surface area contributed by atoms with E-state index in [0.717, 1.165) is 18.2 Å². The summed E-state index contributed by atoms with van der Waals surface area (Å²) in [7, 11) is 2.91. The molecule has 0 aliphatic carbocycles. The number of aryl methyl sites for hydroxylation is 1. The largest absolute Gasteiger partial charge is 0.506 e. The smallest absolute Gasteiger partial charge is 0.259 e. The molecule has 0 radical (unpaired) electrons. The average Bonchev–Trinajstić information content (AvgIpc) is 2.94. The molecule has 0 bridgehead atoms. The molecule has 3 aromatic heterocycles. The molecule has 5 rings (SSSR count). The van der Waals surface area contributed by atoms with Crippen LogP contribution in [-0.4, -0.2) is 40.1 Å². The monoisotopic (exact) mass is 559 g/mol. The van der Waals surface area contributed by atoms with Crippen LogP contribution in [0, 0.1) is 18.6 Å². The summed E-state index contributed by atoms with van der Waals surface area (Å²) < 4.78 is 44.8. The molecule has 0 saturated heterocycles. The lowest BCUT2D eigenvalue weighted by atomic mass is 9.96. The van der Waals surface area contributed by atoms with Gasteiger partial charge in [-0.2, -0.15) is 0 Å².